The molecule has 8 nitrogen and oxygen atoms in total. The van der Waals surface area contributed by atoms with E-state index >= 15 is 0 Å². The quantitative estimate of drug-likeness (QED) is 0.533. The maximum absolute atomic E-state index is 13.0. The standard InChI is InChI=1S/C22H24N4O4/c1-25(2)22(30)24-13-12-23-19(27)18(14-15-8-4-3-5-9-15)26-20(28)16-10-6-7-11-17(16)21(26)29/h3-11,18H,12-14H2,1-2H3,(H,23,27)(H,24,30). The molecular formula is C22H24N4O4. The lowest BCUT2D eigenvalue weighted by Crippen LogP contribution is -2.52. The van der Waals surface area contributed by atoms with Gasteiger partial charge in [-0.15, -0.1) is 0 Å². The lowest BCUT2D eigenvalue weighted by Gasteiger charge is -2.25. The van der Waals surface area contributed by atoms with Gasteiger partial charge in [-0.3, -0.25) is 19.3 Å². The number of amides is 5. The average molecular weight is 408 g/mol. The van der Waals surface area contributed by atoms with Crippen molar-refractivity contribution in [2.24, 2.45) is 0 Å². The van der Waals surface area contributed by atoms with Crippen molar-refractivity contribution < 1.29 is 19.2 Å². The molecule has 5 amide bonds. The molecule has 2 aromatic carbocycles. The van der Waals surface area contributed by atoms with E-state index in [0.29, 0.717) is 11.1 Å². The van der Waals surface area contributed by atoms with Crippen LogP contribution in [0.25, 0.3) is 0 Å². The molecule has 3 rings (SSSR count). The topological polar surface area (TPSA) is 98.8 Å². The molecule has 0 aromatic heterocycles. The molecular weight excluding hydrogens is 384 g/mol. The van der Waals surface area contributed by atoms with Gasteiger partial charge in [-0.1, -0.05) is 42.5 Å². The highest BCUT2D eigenvalue weighted by atomic mass is 16.2. The van der Waals surface area contributed by atoms with Gasteiger partial charge in [0.25, 0.3) is 11.8 Å². The second-order valence-corrected chi connectivity index (χ2v) is 7.15. The number of carbonyl (C=O) groups is 4. The molecule has 2 aromatic rings. The van der Waals surface area contributed by atoms with Gasteiger partial charge in [0.05, 0.1) is 11.1 Å². The van der Waals surface area contributed by atoms with Crippen LogP contribution in [-0.4, -0.2) is 66.8 Å². The summed E-state index contributed by atoms with van der Waals surface area (Å²) in [6.45, 7) is 0.399. The summed E-state index contributed by atoms with van der Waals surface area (Å²) in [5.74, 6) is -1.41. The Balaban J connectivity index is 1.76. The third kappa shape index (κ3) is 4.48. The van der Waals surface area contributed by atoms with Gasteiger partial charge in [0.15, 0.2) is 0 Å². The molecule has 0 aliphatic carbocycles. The maximum Gasteiger partial charge on any atom is 0.316 e. The van der Waals surface area contributed by atoms with Crippen LogP contribution < -0.4 is 10.6 Å². The number of hydrogen-bond acceptors (Lipinski definition) is 4. The van der Waals surface area contributed by atoms with E-state index in [0.717, 1.165) is 10.5 Å². The third-order valence-corrected chi connectivity index (χ3v) is 4.82. The summed E-state index contributed by atoms with van der Waals surface area (Å²) in [6.07, 6.45) is 0.197. The fraction of sp³-hybridized carbons (Fsp3) is 0.273. The minimum absolute atomic E-state index is 0.173. The third-order valence-electron chi connectivity index (χ3n) is 4.82. The zero-order chi connectivity index (χ0) is 21.7. The Hall–Kier alpha value is -3.68. The van der Waals surface area contributed by atoms with Crippen molar-refractivity contribution in [2.45, 2.75) is 12.5 Å². The first-order chi connectivity index (χ1) is 14.4. The highest BCUT2D eigenvalue weighted by Crippen LogP contribution is 2.26. The molecule has 0 saturated heterocycles. The largest absolute Gasteiger partial charge is 0.353 e. The van der Waals surface area contributed by atoms with Crippen LogP contribution in [0.1, 0.15) is 26.3 Å². The molecule has 0 saturated carbocycles. The molecule has 1 aliphatic heterocycles. The Kier molecular flexibility index (Phi) is 6.46. The van der Waals surface area contributed by atoms with Crippen LogP contribution >= 0.6 is 0 Å². The average Bonchev–Trinajstić information content (AvgIpc) is 3.00. The van der Waals surface area contributed by atoms with Gasteiger partial charge in [-0.2, -0.15) is 0 Å². The van der Waals surface area contributed by atoms with Crippen LogP contribution in [0.15, 0.2) is 54.6 Å². The maximum atomic E-state index is 13.0. The van der Waals surface area contributed by atoms with Gasteiger partial charge in [0.1, 0.15) is 6.04 Å². The fourth-order valence-electron chi connectivity index (χ4n) is 3.26. The van der Waals surface area contributed by atoms with Gasteiger partial charge in [0.2, 0.25) is 5.91 Å². The van der Waals surface area contributed by atoms with Crippen LogP contribution in [0.5, 0.6) is 0 Å². The summed E-state index contributed by atoms with van der Waals surface area (Å²) in [7, 11) is 3.23. The molecule has 0 radical (unpaired) electrons. The van der Waals surface area contributed by atoms with Gasteiger partial charge < -0.3 is 15.5 Å². The lowest BCUT2D eigenvalue weighted by atomic mass is 10.0. The molecule has 0 fully saturated rings. The smallest absolute Gasteiger partial charge is 0.316 e. The van der Waals surface area contributed by atoms with E-state index in [1.807, 2.05) is 30.3 Å². The van der Waals surface area contributed by atoms with E-state index in [-0.39, 0.29) is 25.5 Å². The summed E-state index contributed by atoms with van der Waals surface area (Å²) in [5.41, 5.74) is 1.42. The zero-order valence-electron chi connectivity index (χ0n) is 16.9. The summed E-state index contributed by atoms with van der Waals surface area (Å²) in [5, 5.41) is 5.38. The number of urea groups is 1. The summed E-state index contributed by atoms with van der Waals surface area (Å²) < 4.78 is 0. The molecule has 1 aliphatic rings. The van der Waals surface area contributed by atoms with Crippen molar-refractivity contribution in [1.82, 2.24) is 20.4 Å². The fourth-order valence-corrected chi connectivity index (χ4v) is 3.26. The van der Waals surface area contributed by atoms with E-state index in [9.17, 15) is 19.2 Å². The van der Waals surface area contributed by atoms with Gasteiger partial charge >= 0.3 is 6.03 Å². The Labute approximate surface area is 174 Å². The SMILES string of the molecule is CN(C)C(=O)NCCNC(=O)C(Cc1ccccc1)N1C(=O)c2ccccc2C1=O. The van der Waals surface area contributed by atoms with Crippen molar-refractivity contribution in [3.8, 4) is 0 Å². The lowest BCUT2D eigenvalue weighted by molar-refractivity contribution is -0.124. The highest BCUT2D eigenvalue weighted by Gasteiger charge is 2.42. The van der Waals surface area contributed by atoms with Crippen molar-refractivity contribution in [2.75, 3.05) is 27.2 Å². The van der Waals surface area contributed by atoms with Crippen LogP contribution in [-0.2, 0) is 11.2 Å². The van der Waals surface area contributed by atoms with Crippen LogP contribution in [0.4, 0.5) is 4.79 Å². The normalized spacial score (nSPS) is 13.6. The molecule has 0 bridgehead atoms. The molecule has 1 unspecified atom stereocenters. The first-order valence-electron chi connectivity index (χ1n) is 9.64. The number of benzene rings is 2. The molecule has 1 atom stereocenters. The molecule has 2 N–H and O–H groups in total. The number of nitrogens with zero attached hydrogens (tertiary/aromatic N) is 2. The van der Waals surface area contributed by atoms with E-state index in [4.69, 9.17) is 0 Å². The number of fused-ring (bicyclic) bond motifs is 1. The monoisotopic (exact) mass is 408 g/mol. The van der Waals surface area contributed by atoms with Gasteiger partial charge in [-0.25, -0.2) is 4.79 Å². The highest BCUT2D eigenvalue weighted by molar-refractivity contribution is 6.22. The van der Waals surface area contributed by atoms with Crippen molar-refractivity contribution >= 4 is 23.8 Å². The minimum atomic E-state index is -0.996. The van der Waals surface area contributed by atoms with Crippen molar-refractivity contribution in [3.63, 3.8) is 0 Å². The number of hydrogen-bond donors (Lipinski definition) is 2. The van der Waals surface area contributed by atoms with Gasteiger partial charge in [-0.05, 0) is 17.7 Å². The number of carbonyl (C=O) groups excluding carboxylic acids is 4. The molecule has 156 valence electrons. The van der Waals surface area contributed by atoms with E-state index < -0.39 is 23.8 Å². The Bertz CT molecular complexity index is 924. The second-order valence-electron chi connectivity index (χ2n) is 7.15. The Morgan fingerprint density at radius 1 is 0.867 bits per heavy atom. The summed E-state index contributed by atoms with van der Waals surface area (Å²) in [6, 6.07) is 14.5. The summed E-state index contributed by atoms with van der Waals surface area (Å²) >= 11 is 0. The molecule has 1 heterocycles. The minimum Gasteiger partial charge on any atom is -0.353 e. The van der Waals surface area contributed by atoms with Crippen LogP contribution in [0.2, 0.25) is 0 Å². The molecule has 0 spiro atoms. The van der Waals surface area contributed by atoms with Crippen LogP contribution in [0.3, 0.4) is 0 Å². The number of rotatable bonds is 7. The van der Waals surface area contributed by atoms with Crippen molar-refractivity contribution in [1.29, 1.82) is 0 Å². The first kappa shape index (κ1) is 21.0. The first-order valence-corrected chi connectivity index (χ1v) is 9.64. The Morgan fingerprint density at radius 3 is 1.97 bits per heavy atom. The zero-order valence-corrected chi connectivity index (χ0v) is 16.9. The predicted molar refractivity (Wildman–Crippen MR) is 111 cm³/mol. The summed E-state index contributed by atoms with van der Waals surface area (Å²) in [4.78, 5) is 52.8. The number of imide groups is 1. The second kappa shape index (κ2) is 9.21. The predicted octanol–water partition coefficient (Wildman–Crippen LogP) is 1.28. The number of nitrogens with one attached hydrogen (secondary N) is 2. The van der Waals surface area contributed by atoms with E-state index in [2.05, 4.69) is 10.6 Å². The molecule has 30 heavy (non-hydrogen) atoms. The van der Waals surface area contributed by atoms with Crippen molar-refractivity contribution in [3.05, 3.63) is 71.3 Å². The van der Waals surface area contributed by atoms with E-state index in [1.54, 1.807) is 38.4 Å². The van der Waals surface area contributed by atoms with Gasteiger partial charge in [0, 0.05) is 33.6 Å². The van der Waals surface area contributed by atoms with E-state index in [1.165, 1.54) is 4.90 Å². The van der Waals surface area contributed by atoms with Crippen LogP contribution in [0, 0.1) is 0 Å². The Morgan fingerprint density at radius 2 is 1.40 bits per heavy atom. The molecule has 8 heteroatoms.